The number of nitrogens with one attached hydrogen (secondary N) is 2. The molecule has 7 heteroatoms. The Balaban J connectivity index is 2.33. The van der Waals surface area contributed by atoms with Gasteiger partial charge in [-0.3, -0.25) is 4.79 Å². The maximum atomic E-state index is 14.1. The zero-order valence-corrected chi connectivity index (χ0v) is 15.9. The van der Waals surface area contributed by atoms with Gasteiger partial charge in [0.2, 0.25) is 10.0 Å². The molecule has 2 N–H and O–H groups in total. The first-order valence-corrected chi connectivity index (χ1v) is 9.98. The predicted molar refractivity (Wildman–Crippen MR) is 100 cm³/mol. The van der Waals surface area contributed by atoms with E-state index in [9.17, 15) is 17.6 Å². The maximum absolute atomic E-state index is 14.1. The van der Waals surface area contributed by atoms with Gasteiger partial charge >= 0.3 is 0 Å². The van der Waals surface area contributed by atoms with Crippen LogP contribution in [-0.2, 0) is 16.4 Å². The van der Waals surface area contributed by atoms with E-state index in [2.05, 4.69) is 10.0 Å². The number of para-hydroxylation sites is 1. The Morgan fingerprint density at radius 2 is 1.85 bits per heavy atom. The van der Waals surface area contributed by atoms with E-state index in [4.69, 9.17) is 0 Å². The normalized spacial score (nSPS) is 12.6. The Morgan fingerprint density at radius 3 is 2.50 bits per heavy atom. The van der Waals surface area contributed by atoms with Gasteiger partial charge in [-0.05, 0) is 49.6 Å². The molecule has 5 nitrogen and oxygen atoms in total. The van der Waals surface area contributed by atoms with Gasteiger partial charge in [0.05, 0.1) is 10.5 Å². The molecule has 0 bridgehead atoms. The van der Waals surface area contributed by atoms with Crippen LogP contribution >= 0.6 is 0 Å². The van der Waals surface area contributed by atoms with E-state index in [1.165, 1.54) is 0 Å². The number of rotatable bonds is 7. The van der Waals surface area contributed by atoms with Crippen molar-refractivity contribution in [2.24, 2.45) is 0 Å². The molecule has 26 heavy (non-hydrogen) atoms. The summed E-state index contributed by atoms with van der Waals surface area (Å²) in [6.07, 6.45) is 1.31. The van der Waals surface area contributed by atoms with Crippen LogP contribution in [0.4, 0.5) is 10.1 Å². The second-order valence-electron chi connectivity index (χ2n) is 6.04. The zero-order chi connectivity index (χ0) is 19.3. The van der Waals surface area contributed by atoms with Crippen molar-refractivity contribution < 1.29 is 17.6 Å². The number of anilines is 1. The van der Waals surface area contributed by atoms with Crippen LogP contribution in [0.2, 0.25) is 0 Å². The van der Waals surface area contributed by atoms with E-state index in [0.717, 1.165) is 23.8 Å². The second kappa shape index (κ2) is 8.42. The number of halogens is 1. The van der Waals surface area contributed by atoms with E-state index < -0.39 is 21.7 Å². The van der Waals surface area contributed by atoms with Crippen LogP contribution in [0.1, 0.15) is 43.1 Å². The van der Waals surface area contributed by atoms with Crippen molar-refractivity contribution in [3.8, 4) is 0 Å². The molecular formula is C19H23FN2O3S. The summed E-state index contributed by atoms with van der Waals surface area (Å²) < 4.78 is 41.4. The minimum atomic E-state index is -3.83. The standard InChI is InChI=1S/C19H23FN2O3S/c1-4-13(3)22-26(24,25)15-10-11-17(20)16(12-15)19(23)21-18-9-7-6-8-14(18)5-2/h6-13,22H,4-5H2,1-3H3,(H,21,23). The number of aryl methyl sites for hydroxylation is 1. The van der Waals surface area contributed by atoms with Gasteiger partial charge in [0.25, 0.3) is 5.91 Å². The molecule has 0 aliphatic carbocycles. The van der Waals surface area contributed by atoms with Crippen LogP contribution in [0.15, 0.2) is 47.4 Å². The van der Waals surface area contributed by atoms with Gasteiger partial charge in [0.1, 0.15) is 5.82 Å². The maximum Gasteiger partial charge on any atom is 0.258 e. The lowest BCUT2D eigenvalue weighted by molar-refractivity contribution is 0.102. The first-order chi connectivity index (χ1) is 12.3. The van der Waals surface area contributed by atoms with Gasteiger partial charge in [-0.25, -0.2) is 17.5 Å². The molecule has 0 fully saturated rings. The van der Waals surface area contributed by atoms with Crippen LogP contribution in [0.25, 0.3) is 0 Å². The van der Waals surface area contributed by atoms with Gasteiger partial charge in [-0.2, -0.15) is 0 Å². The topological polar surface area (TPSA) is 75.3 Å². The Morgan fingerprint density at radius 1 is 1.15 bits per heavy atom. The Labute approximate surface area is 153 Å². The Kier molecular flexibility index (Phi) is 6.50. The highest BCUT2D eigenvalue weighted by molar-refractivity contribution is 7.89. The van der Waals surface area contributed by atoms with Crippen LogP contribution in [-0.4, -0.2) is 20.4 Å². The number of carbonyl (C=O) groups excluding carboxylic acids is 1. The SMILES string of the molecule is CCc1ccccc1NC(=O)c1cc(S(=O)(=O)NC(C)CC)ccc1F. The van der Waals surface area contributed by atoms with Gasteiger partial charge < -0.3 is 5.32 Å². The largest absolute Gasteiger partial charge is 0.322 e. The third kappa shape index (κ3) is 4.68. The predicted octanol–water partition coefficient (Wildman–Crippen LogP) is 3.72. The second-order valence-corrected chi connectivity index (χ2v) is 7.75. The Bertz CT molecular complexity index is 897. The third-order valence-electron chi connectivity index (χ3n) is 4.11. The van der Waals surface area contributed by atoms with Gasteiger partial charge in [0, 0.05) is 11.7 Å². The van der Waals surface area contributed by atoms with E-state index in [0.29, 0.717) is 18.5 Å². The van der Waals surface area contributed by atoms with E-state index >= 15 is 0 Å². The van der Waals surface area contributed by atoms with Crippen LogP contribution < -0.4 is 10.0 Å². The highest BCUT2D eigenvalue weighted by Gasteiger charge is 2.21. The number of carbonyl (C=O) groups is 1. The van der Waals surface area contributed by atoms with Crippen molar-refractivity contribution >= 4 is 21.6 Å². The van der Waals surface area contributed by atoms with Crippen LogP contribution in [0.3, 0.4) is 0 Å². The van der Waals surface area contributed by atoms with Crippen LogP contribution in [0, 0.1) is 5.82 Å². The van der Waals surface area contributed by atoms with E-state index in [-0.39, 0.29) is 16.5 Å². The molecule has 1 atom stereocenters. The number of benzene rings is 2. The lowest BCUT2D eigenvalue weighted by Gasteiger charge is -2.14. The number of amides is 1. The molecule has 2 aromatic carbocycles. The average Bonchev–Trinajstić information content (AvgIpc) is 2.61. The summed E-state index contributed by atoms with van der Waals surface area (Å²) in [5, 5.41) is 2.66. The molecule has 2 aromatic rings. The fourth-order valence-corrected chi connectivity index (χ4v) is 3.75. The summed E-state index contributed by atoms with van der Waals surface area (Å²) in [7, 11) is -3.83. The molecule has 0 aliphatic rings. The average molecular weight is 378 g/mol. The number of hydrogen-bond donors (Lipinski definition) is 2. The summed E-state index contributed by atoms with van der Waals surface area (Å²) in [6.45, 7) is 5.53. The zero-order valence-electron chi connectivity index (χ0n) is 15.0. The summed E-state index contributed by atoms with van der Waals surface area (Å²) in [5.41, 5.74) is 1.16. The van der Waals surface area contributed by atoms with Gasteiger partial charge in [-0.1, -0.05) is 32.0 Å². The smallest absolute Gasteiger partial charge is 0.258 e. The molecule has 140 valence electrons. The molecule has 0 radical (unpaired) electrons. The van der Waals surface area contributed by atoms with Gasteiger partial charge in [0.15, 0.2) is 0 Å². The van der Waals surface area contributed by atoms with Gasteiger partial charge in [-0.15, -0.1) is 0 Å². The van der Waals surface area contributed by atoms with Crippen molar-refractivity contribution in [3.63, 3.8) is 0 Å². The molecular weight excluding hydrogens is 355 g/mol. The first kappa shape index (κ1) is 20.1. The minimum absolute atomic E-state index is 0.145. The highest BCUT2D eigenvalue weighted by atomic mass is 32.2. The van der Waals surface area contributed by atoms with E-state index in [1.54, 1.807) is 19.1 Å². The molecule has 2 rings (SSSR count). The summed E-state index contributed by atoms with van der Waals surface area (Å²) >= 11 is 0. The lowest BCUT2D eigenvalue weighted by atomic mass is 10.1. The number of hydrogen-bond acceptors (Lipinski definition) is 3. The molecule has 0 aromatic heterocycles. The fourth-order valence-electron chi connectivity index (χ4n) is 2.40. The Hall–Kier alpha value is -2.25. The van der Waals surface area contributed by atoms with Crippen molar-refractivity contribution in [3.05, 3.63) is 59.4 Å². The monoisotopic (exact) mass is 378 g/mol. The quantitative estimate of drug-likeness (QED) is 0.771. The highest BCUT2D eigenvalue weighted by Crippen LogP contribution is 2.20. The van der Waals surface area contributed by atoms with Crippen molar-refractivity contribution in [2.75, 3.05) is 5.32 Å². The van der Waals surface area contributed by atoms with Crippen molar-refractivity contribution in [2.45, 2.75) is 44.6 Å². The molecule has 0 saturated carbocycles. The molecule has 0 saturated heterocycles. The van der Waals surface area contributed by atoms with Crippen LogP contribution in [0.5, 0.6) is 0 Å². The molecule has 0 heterocycles. The minimum Gasteiger partial charge on any atom is -0.322 e. The first-order valence-electron chi connectivity index (χ1n) is 8.49. The summed E-state index contributed by atoms with van der Waals surface area (Å²) in [5.74, 6) is -1.47. The van der Waals surface area contributed by atoms with E-state index in [1.807, 2.05) is 26.0 Å². The number of sulfonamides is 1. The molecule has 0 spiro atoms. The van der Waals surface area contributed by atoms with Crippen molar-refractivity contribution in [1.29, 1.82) is 0 Å². The fraction of sp³-hybridized carbons (Fsp3) is 0.316. The third-order valence-corrected chi connectivity index (χ3v) is 5.70. The molecule has 0 aliphatic heterocycles. The summed E-state index contributed by atoms with van der Waals surface area (Å²) in [6, 6.07) is 10.1. The van der Waals surface area contributed by atoms with Crippen molar-refractivity contribution in [1.82, 2.24) is 4.72 Å². The lowest BCUT2D eigenvalue weighted by Crippen LogP contribution is -2.32. The summed E-state index contributed by atoms with van der Waals surface area (Å²) in [4.78, 5) is 12.3. The molecule has 1 amide bonds. The molecule has 1 unspecified atom stereocenters.